The first-order valence-corrected chi connectivity index (χ1v) is 9.27. The normalized spacial score (nSPS) is 11.0. The highest BCUT2D eigenvalue weighted by molar-refractivity contribution is 6.05. The third-order valence-corrected chi connectivity index (χ3v) is 4.15. The largest absolute Gasteiger partial charge is 0.310 e. The van der Waals surface area contributed by atoms with Gasteiger partial charge < -0.3 is 5.32 Å². The van der Waals surface area contributed by atoms with E-state index in [9.17, 15) is 9.59 Å². The van der Waals surface area contributed by atoms with Gasteiger partial charge in [0.1, 0.15) is 5.82 Å². The molecule has 0 aliphatic carbocycles. The molecule has 0 aliphatic heterocycles. The molecular formula is C23H22N4O2. The lowest BCUT2D eigenvalue weighted by Gasteiger charge is -2.06. The van der Waals surface area contributed by atoms with Gasteiger partial charge in [0.2, 0.25) is 11.8 Å². The summed E-state index contributed by atoms with van der Waals surface area (Å²) in [6.07, 6.45) is 1.89. The Bertz CT molecular complexity index is 984. The van der Waals surface area contributed by atoms with Crippen molar-refractivity contribution in [1.29, 1.82) is 0 Å². The van der Waals surface area contributed by atoms with Crippen molar-refractivity contribution in [2.75, 3.05) is 5.32 Å². The number of amides is 2. The number of nitrogens with one attached hydrogen (secondary N) is 2. The zero-order chi connectivity index (χ0) is 20.5. The first kappa shape index (κ1) is 19.9. The summed E-state index contributed by atoms with van der Waals surface area (Å²) in [7, 11) is 0. The molecule has 0 spiro atoms. The summed E-state index contributed by atoms with van der Waals surface area (Å²) in [5.74, 6) is 0.00549. The lowest BCUT2D eigenvalue weighted by Crippen LogP contribution is -2.23. The fourth-order valence-electron chi connectivity index (χ4n) is 2.72. The predicted molar refractivity (Wildman–Crippen MR) is 114 cm³/mol. The van der Waals surface area contributed by atoms with Crippen LogP contribution in [0.2, 0.25) is 0 Å². The molecule has 0 aliphatic rings. The van der Waals surface area contributed by atoms with Crippen LogP contribution in [0.5, 0.6) is 0 Å². The Morgan fingerprint density at radius 1 is 0.862 bits per heavy atom. The van der Waals surface area contributed by atoms with E-state index in [1.54, 1.807) is 31.3 Å². The van der Waals surface area contributed by atoms with Crippen LogP contribution in [0.3, 0.4) is 0 Å². The molecule has 29 heavy (non-hydrogen) atoms. The van der Waals surface area contributed by atoms with Crippen LogP contribution in [0.25, 0.3) is 11.1 Å². The molecule has 0 radical (unpaired) electrons. The minimum Gasteiger partial charge on any atom is -0.310 e. The number of nitrogens with zero attached hydrogens (tertiary/aromatic N) is 2. The van der Waals surface area contributed by atoms with Crippen molar-refractivity contribution in [3.8, 4) is 11.1 Å². The Morgan fingerprint density at radius 2 is 1.55 bits per heavy atom. The van der Waals surface area contributed by atoms with Gasteiger partial charge in [-0.05, 0) is 35.7 Å². The Labute approximate surface area is 169 Å². The second-order valence-electron chi connectivity index (χ2n) is 6.56. The standard InChI is InChI=1S/C23H22N4O2/c1-17(15-22(28)25-21-9-5-6-14-24-21)26-27-23(29)16-18-10-12-20(13-11-18)19-7-3-2-4-8-19/h2-14H,15-16H2,1H3,(H,27,29)(H,24,25,28). The van der Waals surface area contributed by atoms with E-state index in [0.29, 0.717) is 11.5 Å². The zero-order valence-corrected chi connectivity index (χ0v) is 16.1. The third-order valence-electron chi connectivity index (χ3n) is 4.15. The highest BCUT2D eigenvalue weighted by Gasteiger charge is 2.07. The van der Waals surface area contributed by atoms with Gasteiger partial charge in [-0.15, -0.1) is 0 Å². The van der Waals surface area contributed by atoms with E-state index >= 15 is 0 Å². The number of anilines is 1. The molecule has 0 saturated carbocycles. The minimum atomic E-state index is -0.240. The van der Waals surface area contributed by atoms with Gasteiger partial charge in [-0.1, -0.05) is 60.7 Å². The summed E-state index contributed by atoms with van der Waals surface area (Å²) in [4.78, 5) is 28.1. The molecule has 3 aromatic rings. The maximum absolute atomic E-state index is 12.1. The zero-order valence-electron chi connectivity index (χ0n) is 16.1. The summed E-state index contributed by atoms with van der Waals surface area (Å²) < 4.78 is 0. The van der Waals surface area contributed by atoms with E-state index < -0.39 is 0 Å². The number of hydrogen-bond acceptors (Lipinski definition) is 4. The number of pyridine rings is 1. The highest BCUT2D eigenvalue weighted by atomic mass is 16.2. The summed E-state index contributed by atoms with van der Waals surface area (Å²) in [5, 5.41) is 6.68. The van der Waals surface area contributed by atoms with Gasteiger partial charge in [0.05, 0.1) is 12.8 Å². The van der Waals surface area contributed by atoms with Gasteiger partial charge in [-0.25, -0.2) is 10.4 Å². The van der Waals surface area contributed by atoms with Crippen molar-refractivity contribution in [2.24, 2.45) is 5.10 Å². The van der Waals surface area contributed by atoms with Crippen molar-refractivity contribution in [3.05, 3.63) is 84.6 Å². The van der Waals surface area contributed by atoms with Gasteiger partial charge in [0.15, 0.2) is 0 Å². The Balaban J connectivity index is 1.48. The number of hydrogen-bond donors (Lipinski definition) is 2. The summed E-state index contributed by atoms with van der Waals surface area (Å²) in [6.45, 7) is 1.69. The molecule has 0 saturated heterocycles. The molecule has 2 N–H and O–H groups in total. The van der Waals surface area contributed by atoms with E-state index in [2.05, 4.69) is 20.8 Å². The average Bonchev–Trinajstić information content (AvgIpc) is 2.74. The van der Waals surface area contributed by atoms with Crippen LogP contribution in [-0.2, 0) is 16.0 Å². The molecule has 0 atom stereocenters. The molecule has 0 fully saturated rings. The molecule has 146 valence electrons. The smallest absolute Gasteiger partial charge is 0.244 e. The summed E-state index contributed by atoms with van der Waals surface area (Å²) >= 11 is 0. The monoisotopic (exact) mass is 386 g/mol. The molecular weight excluding hydrogens is 364 g/mol. The van der Waals surface area contributed by atoms with Crippen LogP contribution in [0.15, 0.2) is 84.1 Å². The van der Waals surface area contributed by atoms with Crippen molar-refractivity contribution in [2.45, 2.75) is 19.8 Å². The van der Waals surface area contributed by atoms with E-state index in [4.69, 9.17) is 0 Å². The Kier molecular flexibility index (Phi) is 6.84. The van der Waals surface area contributed by atoms with Crippen LogP contribution in [-0.4, -0.2) is 22.5 Å². The molecule has 6 nitrogen and oxygen atoms in total. The number of carbonyl (C=O) groups excluding carboxylic acids is 2. The van der Waals surface area contributed by atoms with Crippen molar-refractivity contribution in [3.63, 3.8) is 0 Å². The molecule has 3 rings (SSSR count). The number of rotatable bonds is 7. The predicted octanol–water partition coefficient (Wildman–Crippen LogP) is 3.81. The van der Waals surface area contributed by atoms with Crippen LogP contribution in [0.1, 0.15) is 18.9 Å². The summed E-state index contributed by atoms with van der Waals surface area (Å²) in [5.41, 5.74) is 6.13. The van der Waals surface area contributed by atoms with Gasteiger partial charge in [-0.3, -0.25) is 9.59 Å². The first-order valence-electron chi connectivity index (χ1n) is 9.27. The maximum Gasteiger partial charge on any atom is 0.244 e. The van der Waals surface area contributed by atoms with Gasteiger partial charge in [0.25, 0.3) is 0 Å². The number of aromatic nitrogens is 1. The van der Waals surface area contributed by atoms with Gasteiger partial charge in [-0.2, -0.15) is 5.10 Å². The molecule has 0 unspecified atom stereocenters. The Hall–Kier alpha value is -3.80. The molecule has 0 bridgehead atoms. The minimum absolute atomic E-state index is 0.0721. The van der Waals surface area contributed by atoms with Gasteiger partial charge >= 0.3 is 0 Å². The van der Waals surface area contributed by atoms with Crippen molar-refractivity contribution in [1.82, 2.24) is 10.4 Å². The van der Waals surface area contributed by atoms with Crippen LogP contribution >= 0.6 is 0 Å². The van der Waals surface area contributed by atoms with Crippen molar-refractivity contribution >= 4 is 23.3 Å². The quantitative estimate of drug-likeness (QED) is 0.478. The summed E-state index contributed by atoms with van der Waals surface area (Å²) in [6, 6.07) is 23.2. The number of carbonyl (C=O) groups is 2. The first-order chi connectivity index (χ1) is 14.1. The van der Waals surface area contributed by atoms with Crippen LogP contribution in [0.4, 0.5) is 5.82 Å². The molecule has 6 heteroatoms. The molecule has 1 heterocycles. The highest BCUT2D eigenvalue weighted by Crippen LogP contribution is 2.19. The number of hydrazone groups is 1. The third kappa shape index (κ3) is 6.39. The topological polar surface area (TPSA) is 83.4 Å². The second kappa shape index (κ2) is 9.94. The van der Waals surface area contributed by atoms with Crippen molar-refractivity contribution < 1.29 is 9.59 Å². The average molecular weight is 386 g/mol. The van der Waals surface area contributed by atoms with E-state index in [1.165, 1.54) is 0 Å². The molecule has 1 aromatic heterocycles. The SMILES string of the molecule is CC(CC(=O)Nc1ccccn1)=NNC(=O)Cc1ccc(-c2ccccc2)cc1. The lowest BCUT2D eigenvalue weighted by atomic mass is 10.0. The maximum atomic E-state index is 12.1. The fraction of sp³-hybridized carbons (Fsp3) is 0.130. The molecule has 2 aromatic carbocycles. The van der Waals surface area contributed by atoms with E-state index in [0.717, 1.165) is 16.7 Å². The van der Waals surface area contributed by atoms with Gasteiger partial charge in [0, 0.05) is 11.9 Å². The van der Waals surface area contributed by atoms with Crippen LogP contribution in [0, 0.1) is 0 Å². The fourth-order valence-corrected chi connectivity index (χ4v) is 2.72. The van der Waals surface area contributed by atoms with E-state index in [1.807, 2.05) is 54.6 Å². The number of benzene rings is 2. The molecule has 2 amide bonds. The van der Waals surface area contributed by atoms with Crippen LogP contribution < -0.4 is 10.7 Å². The van der Waals surface area contributed by atoms with E-state index in [-0.39, 0.29) is 24.7 Å². The second-order valence-corrected chi connectivity index (χ2v) is 6.56. The lowest BCUT2D eigenvalue weighted by molar-refractivity contribution is -0.120. The Morgan fingerprint density at radius 3 is 2.24 bits per heavy atom.